The lowest BCUT2D eigenvalue weighted by molar-refractivity contribution is -0.131. The van der Waals surface area contributed by atoms with Crippen LogP contribution in [0.3, 0.4) is 0 Å². The zero-order valence-electron chi connectivity index (χ0n) is 16.6. The van der Waals surface area contributed by atoms with E-state index in [4.69, 9.17) is 16.0 Å². The van der Waals surface area contributed by atoms with Crippen molar-refractivity contribution >= 4 is 23.1 Å². The molecule has 4 rings (SSSR count). The lowest BCUT2D eigenvalue weighted by Gasteiger charge is -2.26. The highest BCUT2D eigenvalue weighted by atomic mass is 35.5. The number of hydrogen-bond donors (Lipinski definition) is 0. The Morgan fingerprint density at radius 3 is 2.83 bits per heavy atom. The summed E-state index contributed by atoms with van der Waals surface area (Å²) in [5.74, 6) is 1.50. The summed E-state index contributed by atoms with van der Waals surface area (Å²) in [4.78, 5) is 19.0. The molecule has 0 saturated heterocycles. The number of hydrogen-bond acceptors (Lipinski definition) is 4. The van der Waals surface area contributed by atoms with E-state index in [1.807, 2.05) is 48.2 Å². The first-order valence-corrected chi connectivity index (χ1v) is 10.1. The van der Waals surface area contributed by atoms with E-state index in [1.54, 1.807) is 10.9 Å². The third-order valence-corrected chi connectivity index (χ3v) is 5.32. The second-order valence-corrected chi connectivity index (χ2v) is 7.57. The number of halogens is 1. The van der Waals surface area contributed by atoms with E-state index in [0.717, 1.165) is 41.1 Å². The molecule has 1 aromatic carbocycles. The van der Waals surface area contributed by atoms with Gasteiger partial charge in [-0.3, -0.25) is 9.48 Å². The molecule has 3 aromatic rings. The van der Waals surface area contributed by atoms with Crippen LogP contribution < -0.4 is 0 Å². The Hall–Kier alpha value is -2.86. The van der Waals surface area contributed by atoms with E-state index >= 15 is 0 Å². The van der Waals surface area contributed by atoms with Gasteiger partial charge in [-0.25, -0.2) is 4.98 Å². The van der Waals surface area contributed by atoms with Crippen molar-refractivity contribution in [2.45, 2.75) is 33.2 Å². The number of nitrogens with zero attached hydrogens (tertiary/aromatic N) is 4. The maximum absolute atomic E-state index is 12.9. The van der Waals surface area contributed by atoms with Crippen molar-refractivity contribution in [1.82, 2.24) is 19.7 Å². The number of aromatic nitrogens is 3. The highest BCUT2D eigenvalue weighted by Crippen LogP contribution is 2.24. The molecule has 2 aromatic heterocycles. The zero-order valence-corrected chi connectivity index (χ0v) is 17.3. The molecular weight excluding hydrogens is 388 g/mol. The van der Waals surface area contributed by atoms with E-state index in [0.29, 0.717) is 24.0 Å². The highest BCUT2D eigenvalue weighted by Gasteiger charge is 2.21. The van der Waals surface area contributed by atoms with Gasteiger partial charge in [-0.05, 0) is 38.0 Å². The van der Waals surface area contributed by atoms with Gasteiger partial charge >= 0.3 is 0 Å². The van der Waals surface area contributed by atoms with Crippen molar-refractivity contribution in [2.24, 2.45) is 0 Å². The van der Waals surface area contributed by atoms with Crippen molar-refractivity contribution < 1.29 is 9.21 Å². The van der Waals surface area contributed by atoms with Gasteiger partial charge in [0, 0.05) is 34.9 Å². The molecule has 0 unspecified atom stereocenters. The quantitative estimate of drug-likeness (QED) is 0.626. The van der Waals surface area contributed by atoms with Crippen LogP contribution in [0.1, 0.15) is 30.7 Å². The molecule has 1 amide bonds. The first-order valence-electron chi connectivity index (χ1n) is 9.75. The Kier molecular flexibility index (Phi) is 5.53. The lowest BCUT2D eigenvalue weighted by Crippen LogP contribution is -2.37. The van der Waals surface area contributed by atoms with Gasteiger partial charge in [0.15, 0.2) is 0 Å². The van der Waals surface area contributed by atoms with Gasteiger partial charge in [-0.15, -0.1) is 0 Å². The van der Waals surface area contributed by atoms with E-state index in [2.05, 4.69) is 17.0 Å². The Morgan fingerprint density at radius 2 is 2.17 bits per heavy atom. The fourth-order valence-corrected chi connectivity index (χ4v) is 3.68. The fraction of sp³-hybridized carbons (Fsp3) is 0.318. The second-order valence-electron chi connectivity index (χ2n) is 7.14. The molecule has 0 saturated carbocycles. The minimum absolute atomic E-state index is 0.0549. The van der Waals surface area contributed by atoms with Crippen LogP contribution >= 0.6 is 11.6 Å². The molecular formula is C22H23ClN4O2. The largest absolute Gasteiger partial charge is 0.442 e. The van der Waals surface area contributed by atoms with Gasteiger partial charge in [0.05, 0.1) is 11.9 Å². The third kappa shape index (κ3) is 4.27. The number of carbonyl (C=O) groups is 1. The molecule has 29 heavy (non-hydrogen) atoms. The summed E-state index contributed by atoms with van der Waals surface area (Å²) < 4.78 is 7.39. The molecule has 150 valence electrons. The van der Waals surface area contributed by atoms with Crippen molar-refractivity contribution in [3.8, 4) is 11.3 Å². The van der Waals surface area contributed by atoms with Gasteiger partial charge in [-0.2, -0.15) is 5.10 Å². The normalized spacial score (nSPS) is 14.2. The second kappa shape index (κ2) is 8.25. The number of benzene rings is 1. The molecule has 0 spiro atoms. The Morgan fingerprint density at radius 1 is 1.31 bits per heavy atom. The summed E-state index contributed by atoms with van der Waals surface area (Å²) in [7, 11) is 0. The minimum atomic E-state index is 0.0549. The Labute approximate surface area is 174 Å². The Balaban J connectivity index is 1.47. The summed E-state index contributed by atoms with van der Waals surface area (Å²) in [6.45, 7) is 5.37. The number of aryl methyl sites for hydroxylation is 2. The number of carbonyl (C=O) groups excluding carboxylic acids is 1. The average molecular weight is 411 g/mol. The maximum Gasteiger partial charge on any atom is 0.244 e. The molecule has 0 fully saturated rings. The van der Waals surface area contributed by atoms with Crippen LogP contribution in [0, 0.1) is 6.92 Å². The van der Waals surface area contributed by atoms with Crippen LogP contribution in [-0.2, 0) is 17.8 Å². The van der Waals surface area contributed by atoms with Gasteiger partial charge in [0.25, 0.3) is 0 Å². The van der Waals surface area contributed by atoms with Crippen molar-refractivity contribution in [1.29, 1.82) is 0 Å². The number of oxazole rings is 1. The molecule has 3 heterocycles. The zero-order chi connectivity index (χ0) is 20.4. The molecule has 0 N–H and O–H groups in total. The van der Waals surface area contributed by atoms with E-state index in [9.17, 15) is 4.79 Å². The molecule has 7 heteroatoms. The average Bonchev–Trinajstić information content (AvgIpc) is 3.34. The van der Waals surface area contributed by atoms with E-state index in [1.165, 1.54) is 0 Å². The van der Waals surface area contributed by atoms with Crippen LogP contribution in [-0.4, -0.2) is 38.7 Å². The predicted octanol–water partition coefficient (Wildman–Crippen LogP) is 4.38. The molecule has 1 aliphatic rings. The molecule has 1 aliphatic heterocycles. The first kappa shape index (κ1) is 19.5. The highest BCUT2D eigenvalue weighted by molar-refractivity contribution is 6.30. The van der Waals surface area contributed by atoms with E-state index < -0.39 is 0 Å². The van der Waals surface area contributed by atoms with E-state index in [-0.39, 0.29) is 12.5 Å². The van der Waals surface area contributed by atoms with Crippen molar-refractivity contribution in [3.63, 3.8) is 0 Å². The van der Waals surface area contributed by atoms with Gasteiger partial charge in [0.1, 0.15) is 12.3 Å². The molecule has 0 bridgehead atoms. The first-order chi connectivity index (χ1) is 14.0. The molecule has 6 nitrogen and oxygen atoms in total. The Bertz CT molecular complexity index is 1070. The lowest BCUT2D eigenvalue weighted by atomic mass is 10.1. The topological polar surface area (TPSA) is 64.2 Å². The summed E-state index contributed by atoms with van der Waals surface area (Å²) in [6, 6.07) is 9.63. The van der Waals surface area contributed by atoms with Crippen molar-refractivity contribution in [2.75, 3.05) is 13.1 Å². The number of amides is 1. The predicted molar refractivity (Wildman–Crippen MR) is 112 cm³/mol. The summed E-state index contributed by atoms with van der Waals surface area (Å²) in [6.07, 6.45) is 5.27. The monoisotopic (exact) mass is 410 g/mol. The summed E-state index contributed by atoms with van der Waals surface area (Å²) in [5, 5.41) is 5.33. The van der Waals surface area contributed by atoms with Crippen LogP contribution in [0.25, 0.3) is 16.8 Å². The molecule has 0 aliphatic carbocycles. The smallest absolute Gasteiger partial charge is 0.244 e. The SMILES string of the molecule is CCc1cc(-c2cccc(Cl)c2)nn1CC(=O)N1CC=C(c2ncc(C)o2)CC1. The van der Waals surface area contributed by atoms with Gasteiger partial charge in [-0.1, -0.05) is 36.7 Å². The fourth-order valence-electron chi connectivity index (χ4n) is 3.49. The summed E-state index contributed by atoms with van der Waals surface area (Å²) >= 11 is 6.11. The molecule has 0 atom stereocenters. The van der Waals surface area contributed by atoms with Gasteiger partial charge < -0.3 is 9.32 Å². The van der Waals surface area contributed by atoms with Crippen molar-refractivity contribution in [3.05, 3.63) is 65.0 Å². The van der Waals surface area contributed by atoms with Crippen LogP contribution in [0.2, 0.25) is 5.02 Å². The van der Waals surface area contributed by atoms with Gasteiger partial charge in [0.2, 0.25) is 11.8 Å². The molecule has 0 radical (unpaired) electrons. The third-order valence-electron chi connectivity index (χ3n) is 5.09. The van der Waals surface area contributed by atoms with Crippen LogP contribution in [0.15, 0.2) is 47.0 Å². The standard InChI is InChI=1S/C22H23ClN4O2/c1-3-19-12-20(17-5-4-6-18(23)11-17)25-27(19)14-21(28)26-9-7-16(8-10-26)22-24-13-15(2)29-22/h4-7,11-13H,3,8-10,14H2,1-2H3. The maximum atomic E-state index is 12.9. The number of rotatable bonds is 5. The minimum Gasteiger partial charge on any atom is -0.442 e. The van der Waals surface area contributed by atoms with Crippen LogP contribution in [0.5, 0.6) is 0 Å². The summed E-state index contributed by atoms with van der Waals surface area (Å²) in [5.41, 5.74) is 3.86. The van der Waals surface area contributed by atoms with Crippen LogP contribution in [0.4, 0.5) is 0 Å².